The largest absolute Gasteiger partial charge is 0.477 e. The zero-order chi connectivity index (χ0) is 14.2. The summed E-state index contributed by atoms with van der Waals surface area (Å²) in [4.78, 5) is 23.3. The molecule has 2 heterocycles. The number of carboxylic acids is 1. The van der Waals surface area contributed by atoms with Crippen molar-refractivity contribution < 1.29 is 14.7 Å². The number of rotatable bonds is 3. The summed E-state index contributed by atoms with van der Waals surface area (Å²) in [6.07, 6.45) is 0. The molecule has 0 atom stereocenters. The Labute approximate surface area is 113 Å². The van der Waals surface area contributed by atoms with Crippen molar-refractivity contribution in [3.05, 3.63) is 33.3 Å². The molecule has 0 fully saturated rings. The van der Waals surface area contributed by atoms with Crippen LogP contribution in [0.5, 0.6) is 0 Å². The summed E-state index contributed by atoms with van der Waals surface area (Å²) in [6, 6.07) is 1.65. The van der Waals surface area contributed by atoms with Crippen molar-refractivity contribution in [3.63, 3.8) is 0 Å². The van der Waals surface area contributed by atoms with E-state index in [1.807, 2.05) is 0 Å². The SMILES string of the molecule is Cc1cc(C(=O)Nc2c(C)csc2C(=O)O)n(C)n1. The van der Waals surface area contributed by atoms with Crippen LogP contribution in [-0.4, -0.2) is 26.8 Å². The van der Waals surface area contributed by atoms with E-state index in [9.17, 15) is 9.59 Å². The van der Waals surface area contributed by atoms with E-state index in [-0.39, 0.29) is 10.8 Å². The predicted octanol–water partition coefficient (Wildman–Crippen LogP) is 2.05. The van der Waals surface area contributed by atoms with Crippen LogP contribution in [0.15, 0.2) is 11.4 Å². The third-order valence-corrected chi connectivity index (χ3v) is 3.73. The first-order chi connectivity index (χ1) is 8.90. The maximum Gasteiger partial charge on any atom is 0.348 e. The number of hydrogen-bond acceptors (Lipinski definition) is 4. The molecule has 6 nitrogen and oxygen atoms in total. The Morgan fingerprint density at radius 1 is 1.42 bits per heavy atom. The third-order valence-electron chi connectivity index (χ3n) is 2.64. The van der Waals surface area contributed by atoms with E-state index in [1.54, 1.807) is 32.3 Å². The van der Waals surface area contributed by atoms with Crippen molar-refractivity contribution in [2.45, 2.75) is 13.8 Å². The lowest BCUT2D eigenvalue weighted by atomic mass is 10.2. The Hall–Kier alpha value is -2.15. The lowest BCUT2D eigenvalue weighted by Gasteiger charge is -2.06. The lowest BCUT2D eigenvalue weighted by Crippen LogP contribution is -2.17. The molecule has 2 rings (SSSR count). The first-order valence-corrected chi connectivity index (χ1v) is 6.41. The van der Waals surface area contributed by atoms with E-state index in [1.165, 1.54) is 4.68 Å². The highest BCUT2D eigenvalue weighted by Crippen LogP contribution is 2.28. The molecule has 0 bridgehead atoms. The second-order valence-corrected chi connectivity index (χ2v) is 5.06. The van der Waals surface area contributed by atoms with E-state index in [0.717, 1.165) is 22.6 Å². The summed E-state index contributed by atoms with van der Waals surface area (Å²) < 4.78 is 1.47. The van der Waals surface area contributed by atoms with Gasteiger partial charge in [0.1, 0.15) is 10.6 Å². The molecular formula is C12H13N3O3S. The molecule has 7 heteroatoms. The van der Waals surface area contributed by atoms with Gasteiger partial charge in [-0.3, -0.25) is 9.48 Å². The summed E-state index contributed by atoms with van der Waals surface area (Å²) >= 11 is 1.09. The molecule has 0 aromatic carbocycles. The molecule has 0 saturated heterocycles. The van der Waals surface area contributed by atoms with E-state index < -0.39 is 5.97 Å². The van der Waals surface area contributed by atoms with Crippen LogP contribution in [0, 0.1) is 13.8 Å². The fourth-order valence-electron chi connectivity index (χ4n) is 1.76. The van der Waals surface area contributed by atoms with E-state index in [4.69, 9.17) is 5.11 Å². The van der Waals surface area contributed by atoms with Crippen LogP contribution in [0.2, 0.25) is 0 Å². The summed E-state index contributed by atoms with van der Waals surface area (Å²) in [6.45, 7) is 3.54. The molecule has 0 aliphatic rings. The van der Waals surface area contributed by atoms with Crippen molar-refractivity contribution in [3.8, 4) is 0 Å². The lowest BCUT2D eigenvalue weighted by molar-refractivity contribution is 0.0703. The standard InChI is InChI=1S/C12H13N3O3S/c1-6-5-19-10(12(17)18)9(6)13-11(16)8-4-7(2)14-15(8)3/h4-5H,1-3H3,(H,13,16)(H,17,18). The topological polar surface area (TPSA) is 84.2 Å². The second kappa shape index (κ2) is 4.85. The molecule has 0 unspecified atom stereocenters. The Kier molecular flexibility index (Phi) is 3.39. The molecule has 0 saturated carbocycles. The van der Waals surface area contributed by atoms with Crippen LogP contribution < -0.4 is 5.32 Å². The first-order valence-electron chi connectivity index (χ1n) is 5.53. The van der Waals surface area contributed by atoms with Crippen molar-refractivity contribution in [2.75, 3.05) is 5.32 Å². The van der Waals surface area contributed by atoms with Gasteiger partial charge in [-0.25, -0.2) is 4.79 Å². The van der Waals surface area contributed by atoms with E-state index in [0.29, 0.717) is 11.4 Å². The Morgan fingerprint density at radius 3 is 2.63 bits per heavy atom. The van der Waals surface area contributed by atoms with Crippen LogP contribution in [-0.2, 0) is 7.05 Å². The number of anilines is 1. The number of aromatic carboxylic acids is 1. The zero-order valence-electron chi connectivity index (χ0n) is 10.7. The van der Waals surface area contributed by atoms with Gasteiger partial charge in [0.2, 0.25) is 0 Å². The fraction of sp³-hybridized carbons (Fsp3) is 0.250. The Bertz CT molecular complexity index is 657. The van der Waals surface area contributed by atoms with Gasteiger partial charge in [-0.15, -0.1) is 11.3 Å². The molecule has 2 aromatic heterocycles. The summed E-state index contributed by atoms with van der Waals surface area (Å²) in [5.74, 6) is -1.42. The number of carbonyl (C=O) groups excluding carboxylic acids is 1. The number of carbonyl (C=O) groups is 2. The van der Waals surface area contributed by atoms with Crippen molar-refractivity contribution in [1.29, 1.82) is 0 Å². The van der Waals surface area contributed by atoms with Crippen molar-refractivity contribution >= 4 is 28.9 Å². The number of aromatic nitrogens is 2. The molecule has 2 N–H and O–H groups in total. The smallest absolute Gasteiger partial charge is 0.348 e. The van der Waals surface area contributed by atoms with Gasteiger partial charge in [-0.05, 0) is 30.9 Å². The van der Waals surface area contributed by atoms with Gasteiger partial charge in [0.15, 0.2) is 0 Å². The number of carboxylic acid groups (broad SMARTS) is 1. The third kappa shape index (κ3) is 2.50. The number of amides is 1. The number of hydrogen-bond donors (Lipinski definition) is 2. The molecule has 0 radical (unpaired) electrons. The first kappa shape index (κ1) is 13.3. The Balaban J connectivity index is 2.31. The van der Waals surface area contributed by atoms with Gasteiger partial charge < -0.3 is 10.4 Å². The van der Waals surface area contributed by atoms with E-state index in [2.05, 4.69) is 10.4 Å². The van der Waals surface area contributed by atoms with Crippen LogP contribution in [0.4, 0.5) is 5.69 Å². The second-order valence-electron chi connectivity index (χ2n) is 4.18. The van der Waals surface area contributed by atoms with Gasteiger partial charge in [-0.1, -0.05) is 0 Å². The maximum atomic E-state index is 12.1. The molecule has 2 aromatic rings. The highest BCUT2D eigenvalue weighted by atomic mass is 32.1. The van der Waals surface area contributed by atoms with Crippen molar-refractivity contribution in [1.82, 2.24) is 9.78 Å². The van der Waals surface area contributed by atoms with Crippen LogP contribution in [0.3, 0.4) is 0 Å². The zero-order valence-corrected chi connectivity index (χ0v) is 11.5. The molecule has 100 valence electrons. The molecule has 19 heavy (non-hydrogen) atoms. The fourth-order valence-corrected chi connectivity index (χ4v) is 2.60. The van der Waals surface area contributed by atoms with Gasteiger partial charge in [0.25, 0.3) is 5.91 Å². The number of nitrogens with one attached hydrogen (secondary N) is 1. The number of thiophene rings is 1. The van der Waals surface area contributed by atoms with Gasteiger partial charge in [0, 0.05) is 7.05 Å². The molecular weight excluding hydrogens is 266 g/mol. The van der Waals surface area contributed by atoms with Gasteiger partial charge in [-0.2, -0.15) is 5.10 Å². The minimum Gasteiger partial charge on any atom is -0.477 e. The minimum atomic E-state index is -1.05. The Morgan fingerprint density at radius 2 is 2.11 bits per heavy atom. The van der Waals surface area contributed by atoms with Crippen LogP contribution in [0.1, 0.15) is 31.4 Å². The van der Waals surface area contributed by atoms with Crippen LogP contribution in [0.25, 0.3) is 0 Å². The monoisotopic (exact) mass is 279 g/mol. The van der Waals surface area contributed by atoms with Gasteiger partial charge in [0.05, 0.1) is 11.4 Å². The quantitative estimate of drug-likeness (QED) is 0.900. The average molecular weight is 279 g/mol. The highest BCUT2D eigenvalue weighted by molar-refractivity contribution is 7.12. The molecule has 1 amide bonds. The number of aryl methyl sites for hydroxylation is 3. The van der Waals surface area contributed by atoms with Crippen LogP contribution >= 0.6 is 11.3 Å². The van der Waals surface area contributed by atoms with Crippen molar-refractivity contribution in [2.24, 2.45) is 7.05 Å². The highest BCUT2D eigenvalue weighted by Gasteiger charge is 2.19. The minimum absolute atomic E-state index is 0.129. The maximum absolute atomic E-state index is 12.1. The summed E-state index contributed by atoms with van der Waals surface area (Å²) in [5.41, 5.74) is 2.20. The normalized spacial score (nSPS) is 10.5. The predicted molar refractivity (Wildman–Crippen MR) is 71.9 cm³/mol. The van der Waals surface area contributed by atoms with Gasteiger partial charge >= 0.3 is 5.97 Å². The summed E-state index contributed by atoms with van der Waals surface area (Å²) in [5, 5.41) is 17.5. The van der Waals surface area contributed by atoms with E-state index >= 15 is 0 Å². The average Bonchev–Trinajstić information content (AvgIpc) is 2.83. The molecule has 0 aliphatic carbocycles. The summed E-state index contributed by atoms with van der Waals surface area (Å²) in [7, 11) is 1.67. The number of nitrogens with zero attached hydrogens (tertiary/aromatic N) is 2. The molecule has 0 aliphatic heterocycles. The molecule has 0 spiro atoms.